The molecule has 3 aromatic rings. The van der Waals surface area contributed by atoms with Gasteiger partial charge < -0.3 is 4.98 Å². The summed E-state index contributed by atoms with van der Waals surface area (Å²) in [6, 6.07) is 9.87. The zero-order chi connectivity index (χ0) is 17.3. The third-order valence-corrected chi connectivity index (χ3v) is 6.01. The lowest BCUT2D eigenvalue weighted by atomic mass is 10.1. The molecule has 0 saturated carbocycles. The van der Waals surface area contributed by atoms with Crippen molar-refractivity contribution >= 4 is 55.7 Å². The summed E-state index contributed by atoms with van der Waals surface area (Å²) >= 11 is 17.8. The van der Waals surface area contributed by atoms with Gasteiger partial charge >= 0.3 is 0 Å². The van der Waals surface area contributed by atoms with E-state index in [0.29, 0.717) is 16.5 Å². The van der Waals surface area contributed by atoms with Crippen molar-refractivity contribution in [2.75, 3.05) is 6.54 Å². The number of sulfonamides is 1. The van der Waals surface area contributed by atoms with Gasteiger partial charge in [-0.05, 0) is 48.4 Å². The number of benzene rings is 2. The van der Waals surface area contributed by atoms with Crippen molar-refractivity contribution in [3.8, 4) is 0 Å². The molecule has 0 saturated heterocycles. The molecule has 4 nitrogen and oxygen atoms in total. The van der Waals surface area contributed by atoms with Gasteiger partial charge in [0.15, 0.2) is 0 Å². The quantitative estimate of drug-likeness (QED) is 0.651. The van der Waals surface area contributed by atoms with Crippen molar-refractivity contribution < 1.29 is 8.42 Å². The van der Waals surface area contributed by atoms with E-state index >= 15 is 0 Å². The van der Waals surface area contributed by atoms with Gasteiger partial charge in [-0.1, -0.05) is 34.8 Å². The number of hydrogen-bond donors (Lipinski definition) is 2. The highest BCUT2D eigenvalue weighted by molar-refractivity contribution is 7.89. The molecule has 1 heterocycles. The van der Waals surface area contributed by atoms with Crippen LogP contribution in [0.2, 0.25) is 15.1 Å². The summed E-state index contributed by atoms with van der Waals surface area (Å²) < 4.78 is 27.3. The number of halogens is 3. The number of hydrogen-bond acceptors (Lipinski definition) is 2. The predicted molar refractivity (Wildman–Crippen MR) is 98.7 cm³/mol. The zero-order valence-electron chi connectivity index (χ0n) is 12.3. The zero-order valence-corrected chi connectivity index (χ0v) is 15.4. The third-order valence-electron chi connectivity index (χ3n) is 3.60. The molecule has 2 aromatic carbocycles. The van der Waals surface area contributed by atoms with Crippen LogP contribution in [0.5, 0.6) is 0 Å². The summed E-state index contributed by atoms with van der Waals surface area (Å²) in [6.45, 7) is 0.227. The van der Waals surface area contributed by atoms with Gasteiger partial charge in [0.2, 0.25) is 10.0 Å². The summed E-state index contributed by atoms with van der Waals surface area (Å²) in [5, 5.41) is 2.05. The van der Waals surface area contributed by atoms with Crippen LogP contribution >= 0.6 is 34.8 Å². The number of rotatable bonds is 5. The largest absolute Gasteiger partial charge is 0.361 e. The molecule has 0 spiro atoms. The van der Waals surface area contributed by atoms with E-state index in [0.717, 1.165) is 16.5 Å². The van der Waals surface area contributed by atoms with Crippen molar-refractivity contribution in [2.24, 2.45) is 0 Å². The van der Waals surface area contributed by atoms with Gasteiger partial charge in [-0.3, -0.25) is 0 Å². The van der Waals surface area contributed by atoms with Gasteiger partial charge in [-0.25, -0.2) is 13.1 Å². The standard InChI is InChI=1S/C16H13Cl3N2O2S/c17-11-2-4-15-13(7-11)10(9-20-15)5-6-21-24(22,23)16-8-12(18)1-3-14(16)19/h1-4,7-9,20-21H,5-6H2. The van der Waals surface area contributed by atoms with E-state index in [1.54, 1.807) is 12.1 Å². The molecule has 0 radical (unpaired) electrons. The third kappa shape index (κ3) is 3.71. The summed E-state index contributed by atoms with van der Waals surface area (Å²) in [5.74, 6) is 0. The van der Waals surface area contributed by atoms with Crippen LogP contribution in [0.15, 0.2) is 47.5 Å². The summed E-state index contributed by atoms with van der Waals surface area (Å²) in [4.78, 5) is 3.11. The highest BCUT2D eigenvalue weighted by atomic mass is 35.5. The minimum absolute atomic E-state index is 0.0290. The monoisotopic (exact) mass is 402 g/mol. The van der Waals surface area contributed by atoms with E-state index in [-0.39, 0.29) is 16.5 Å². The van der Waals surface area contributed by atoms with Crippen LogP contribution in [-0.2, 0) is 16.4 Å². The molecular formula is C16H13Cl3N2O2S. The maximum atomic E-state index is 12.4. The lowest BCUT2D eigenvalue weighted by Gasteiger charge is -2.08. The molecule has 0 aliphatic heterocycles. The van der Waals surface area contributed by atoms with E-state index in [1.807, 2.05) is 18.3 Å². The molecule has 24 heavy (non-hydrogen) atoms. The molecule has 8 heteroatoms. The van der Waals surface area contributed by atoms with Crippen molar-refractivity contribution in [3.05, 3.63) is 63.2 Å². The van der Waals surface area contributed by atoms with Crippen LogP contribution < -0.4 is 4.72 Å². The Hall–Kier alpha value is -1.24. The summed E-state index contributed by atoms with van der Waals surface area (Å²) in [7, 11) is -3.73. The second-order valence-electron chi connectivity index (χ2n) is 5.23. The van der Waals surface area contributed by atoms with Gasteiger partial charge in [-0.15, -0.1) is 0 Å². The van der Waals surface area contributed by atoms with E-state index in [4.69, 9.17) is 34.8 Å². The Morgan fingerprint density at radius 2 is 1.71 bits per heavy atom. The van der Waals surface area contributed by atoms with Crippen LogP contribution in [0, 0.1) is 0 Å². The van der Waals surface area contributed by atoms with Gasteiger partial charge in [0.05, 0.1) is 5.02 Å². The Morgan fingerprint density at radius 1 is 1.00 bits per heavy atom. The number of H-pyrrole nitrogens is 1. The molecule has 126 valence electrons. The van der Waals surface area contributed by atoms with E-state index in [9.17, 15) is 8.42 Å². The van der Waals surface area contributed by atoms with Crippen LogP contribution in [0.4, 0.5) is 0 Å². The number of nitrogens with one attached hydrogen (secondary N) is 2. The van der Waals surface area contributed by atoms with Gasteiger partial charge in [-0.2, -0.15) is 0 Å². The Kier molecular flexibility index (Phi) is 5.08. The van der Waals surface area contributed by atoms with Crippen LogP contribution in [-0.4, -0.2) is 19.9 Å². The second-order valence-corrected chi connectivity index (χ2v) is 8.24. The molecule has 2 N–H and O–H groups in total. The Bertz CT molecular complexity index is 1000. The van der Waals surface area contributed by atoms with Gasteiger partial charge in [0.1, 0.15) is 4.90 Å². The minimum Gasteiger partial charge on any atom is -0.361 e. The first-order valence-corrected chi connectivity index (χ1v) is 9.69. The lowest BCUT2D eigenvalue weighted by molar-refractivity contribution is 0.582. The second kappa shape index (κ2) is 6.94. The molecule has 0 aliphatic carbocycles. The Morgan fingerprint density at radius 3 is 2.50 bits per heavy atom. The molecule has 0 unspecified atom stereocenters. The van der Waals surface area contributed by atoms with E-state index in [1.165, 1.54) is 12.1 Å². The number of fused-ring (bicyclic) bond motifs is 1. The molecule has 0 fully saturated rings. The fourth-order valence-electron chi connectivity index (χ4n) is 2.44. The predicted octanol–water partition coefficient (Wildman–Crippen LogP) is 4.65. The molecule has 1 aromatic heterocycles. The highest BCUT2D eigenvalue weighted by Gasteiger charge is 2.18. The maximum Gasteiger partial charge on any atom is 0.242 e. The van der Waals surface area contributed by atoms with Crippen molar-refractivity contribution in [1.29, 1.82) is 0 Å². The first kappa shape index (κ1) is 17.6. The van der Waals surface area contributed by atoms with Crippen molar-refractivity contribution in [2.45, 2.75) is 11.3 Å². The van der Waals surface area contributed by atoms with Crippen LogP contribution in [0.1, 0.15) is 5.56 Å². The molecular weight excluding hydrogens is 391 g/mol. The summed E-state index contributed by atoms with van der Waals surface area (Å²) in [6.07, 6.45) is 2.36. The fraction of sp³-hybridized carbons (Fsp3) is 0.125. The Balaban J connectivity index is 1.75. The van der Waals surface area contributed by atoms with Gasteiger partial charge in [0, 0.05) is 33.7 Å². The van der Waals surface area contributed by atoms with Crippen molar-refractivity contribution in [3.63, 3.8) is 0 Å². The normalized spacial score (nSPS) is 12.0. The lowest BCUT2D eigenvalue weighted by Crippen LogP contribution is -2.26. The smallest absolute Gasteiger partial charge is 0.242 e. The average molecular weight is 404 g/mol. The van der Waals surface area contributed by atoms with Crippen LogP contribution in [0.25, 0.3) is 10.9 Å². The molecule has 0 bridgehead atoms. The molecule has 0 aliphatic rings. The Labute approximate surface area is 154 Å². The van der Waals surface area contributed by atoms with E-state index in [2.05, 4.69) is 9.71 Å². The van der Waals surface area contributed by atoms with Crippen LogP contribution in [0.3, 0.4) is 0 Å². The minimum atomic E-state index is -3.73. The number of aromatic amines is 1. The average Bonchev–Trinajstić information content (AvgIpc) is 2.92. The van der Waals surface area contributed by atoms with E-state index < -0.39 is 10.0 Å². The fourth-order valence-corrected chi connectivity index (χ4v) is 4.40. The molecule has 0 amide bonds. The molecule has 3 rings (SSSR count). The highest BCUT2D eigenvalue weighted by Crippen LogP contribution is 2.25. The topological polar surface area (TPSA) is 62.0 Å². The SMILES string of the molecule is O=S(=O)(NCCc1c[nH]c2ccc(Cl)cc12)c1cc(Cl)ccc1Cl. The first-order valence-electron chi connectivity index (χ1n) is 7.07. The molecule has 0 atom stereocenters. The van der Waals surface area contributed by atoms with Gasteiger partial charge in [0.25, 0.3) is 0 Å². The maximum absolute atomic E-state index is 12.4. The number of aromatic nitrogens is 1. The van der Waals surface area contributed by atoms with Crippen molar-refractivity contribution in [1.82, 2.24) is 9.71 Å². The first-order chi connectivity index (χ1) is 11.4. The summed E-state index contributed by atoms with van der Waals surface area (Å²) in [5.41, 5.74) is 1.93.